The molecular weight excluding hydrogens is 314 g/mol. The van der Waals surface area contributed by atoms with Gasteiger partial charge in [-0.1, -0.05) is 18.2 Å². The largest absolute Gasteiger partial charge is 0.457 e. The van der Waals surface area contributed by atoms with E-state index in [0.29, 0.717) is 6.61 Å². The molecule has 0 aliphatic carbocycles. The molecule has 0 unspecified atom stereocenters. The topological polar surface area (TPSA) is 60.0 Å². The third-order valence-corrected chi connectivity index (χ3v) is 3.83. The minimum absolute atomic E-state index is 0.594. The number of hydrogen-bond acceptors (Lipinski definition) is 4. The van der Waals surface area contributed by atoms with Crippen molar-refractivity contribution < 1.29 is 9.47 Å². The van der Waals surface area contributed by atoms with Gasteiger partial charge in [-0.3, -0.25) is 4.98 Å². The number of benzene rings is 2. The molecule has 0 amide bonds. The Morgan fingerprint density at radius 3 is 2.56 bits per heavy atom. The molecule has 2 aromatic heterocycles. The van der Waals surface area contributed by atoms with Crippen molar-refractivity contribution in [1.29, 1.82) is 0 Å². The second kappa shape index (κ2) is 6.75. The zero-order chi connectivity index (χ0) is 17.1. The van der Waals surface area contributed by atoms with Crippen LogP contribution in [0.4, 0.5) is 0 Å². The van der Waals surface area contributed by atoms with Crippen LogP contribution in [0, 0.1) is 0 Å². The second-order valence-electron chi connectivity index (χ2n) is 5.66. The number of fused-ring (bicyclic) bond motifs is 1. The number of rotatable bonds is 5. The monoisotopic (exact) mass is 331 g/mol. The Hall–Kier alpha value is -3.18. The van der Waals surface area contributed by atoms with Crippen molar-refractivity contribution in [2.24, 2.45) is 0 Å². The summed E-state index contributed by atoms with van der Waals surface area (Å²) in [5, 5.41) is 0. The van der Waals surface area contributed by atoms with Crippen molar-refractivity contribution in [3.05, 3.63) is 72.4 Å². The van der Waals surface area contributed by atoms with Gasteiger partial charge in [0.2, 0.25) is 0 Å². The van der Waals surface area contributed by atoms with Crippen molar-refractivity contribution in [3.63, 3.8) is 0 Å². The predicted molar refractivity (Wildman–Crippen MR) is 96.6 cm³/mol. The maximum Gasteiger partial charge on any atom is 0.157 e. The average Bonchev–Trinajstić information content (AvgIpc) is 3.08. The van der Waals surface area contributed by atoms with Gasteiger partial charge in [0.05, 0.1) is 17.6 Å². The number of pyridine rings is 1. The van der Waals surface area contributed by atoms with Crippen molar-refractivity contribution in [2.75, 3.05) is 7.11 Å². The zero-order valence-corrected chi connectivity index (χ0v) is 13.8. The van der Waals surface area contributed by atoms with Crippen LogP contribution < -0.4 is 4.74 Å². The molecule has 0 spiro atoms. The first-order valence-corrected chi connectivity index (χ1v) is 7.99. The van der Waals surface area contributed by atoms with Gasteiger partial charge in [-0.15, -0.1) is 0 Å². The SMILES string of the molecule is COCc1ccc(Oc2ccc3nc(-c4ccccn4)[nH]c3c2)cc1. The normalized spacial score (nSPS) is 10.9. The molecule has 0 aliphatic heterocycles. The van der Waals surface area contributed by atoms with E-state index in [9.17, 15) is 0 Å². The van der Waals surface area contributed by atoms with Gasteiger partial charge in [-0.25, -0.2) is 4.98 Å². The Kier molecular flexibility index (Phi) is 4.14. The molecule has 4 aromatic rings. The maximum atomic E-state index is 5.93. The number of aromatic amines is 1. The Morgan fingerprint density at radius 1 is 0.960 bits per heavy atom. The van der Waals surface area contributed by atoms with Gasteiger partial charge in [0.15, 0.2) is 5.82 Å². The molecule has 0 radical (unpaired) electrons. The molecule has 2 heterocycles. The number of methoxy groups -OCH3 is 1. The summed E-state index contributed by atoms with van der Waals surface area (Å²) in [7, 11) is 1.68. The molecule has 124 valence electrons. The van der Waals surface area contributed by atoms with E-state index in [-0.39, 0.29) is 0 Å². The molecule has 0 saturated carbocycles. The first kappa shape index (κ1) is 15.4. The summed E-state index contributed by atoms with van der Waals surface area (Å²) in [6.45, 7) is 0.594. The molecule has 1 N–H and O–H groups in total. The predicted octanol–water partition coefficient (Wildman–Crippen LogP) is 4.56. The van der Waals surface area contributed by atoms with Crippen molar-refractivity contribution >= 4 is 11.0 Å². The number of nitrogens with zero attached hydrogens (tertiary/aromatic N) is 2. The average molecular weight is 331 g/mol. The molecule has 25 heavy (non-hydrogen) atoms. The lowest BCUT2D eigenvalue weighted by Gasteiger charge is -2.06. The van der Waals surface area contributed by atoms with Crippen molar-refractivity contribution in [2.45, 2.75) is 6.61 Å². The molecule has 0 atom stereocenters. The van der Waals surface area contributed by atoms with E-state index in [2.05, 4.69) is 15.0 Å². The van der Waals surface area contributed by atoms with Crippen LogP contribution in [0.2, 0.25) is 0 Å². The Bertz CT molecular complexity index is 979. The fourth-order valence-electron chi connectivity index (χ4n) is 2.63. The van der Waals surface area contributed by atoms with Gasteiger partial charge in [0.25, 0.3) is 0 Å². The second-order valence-corrected chi connectivity index (χ2v) is 5.66. The van der Waals surface area contributed by atoms with Gasteiger partial charge in [0, 0.05) is 19.4 Å². The van der Waals surface area contributed by atoms with Gasteiger partial charge in [-0.05, 0) is 42.0 Å². The van der Waals surface area contributed by atoms with E-state index >= 15 is 0 Å². The van der Waals surface area contributed by atoms with Crippen LogP contribution in [0.1, 0.15) is 5.56 Å². The quantitative estimate of drug-likeness (QED) is 0.582. The summed E-state index contributed by atoms with van der Waals surface area (Å²) >= 11 is 0. The van der Waals surface area contributed by atoms with Gasteiger partial charge in [-0.2, -0.15) is 0 Å². The molecule has 0 aliphatic rings. The van der Waals surface area contributed by atoms with E-state index in [0.717, 1.165) is 39.6 Å². The number of imidazole rings is 1. The highest BCUT2D eigenvalue weighted by atomic mass is 16.5. The summed E-state index contributed by atoms with van der Waals surface area (Å²) in [5.41, 5.74) is 3.71. The fourth-order valence-corrected chi connectivity index (χ4v) is 2.63. The third kappa shape index (κ3) is 3.36. The van der Waals surface area contributed by atoms with Gasteiger partial charge < -0.3 is 14.5 Å². The van der Waals surface area contributed by atoms with Gasteiger partial charge >= 0.3 is 0 Å². The molecular formula is C20H17N3O2. The van der Waals surface area contributed by atoms with E-state index in [1.165, 1.54) is 0 Å². The first-order valence-electron chi connectivity index (χ1n) is 7.99. The minimum atomic E-state index is 0.594. The van der Waals surface area contributed by atoms with Crippen LogP contribution >= 0.6 is 0 Å². The summed E-state index contributed by atoms with van der Waals surface area (Å²) < 4.78 is 11.0. The molecule has 5 heteroatoms. The van der Waals surface area contributed by atoms with Crippen molar-refractivity contribution in [3.8, 4) is 23.0 Å². The number of H-pyrrole nitrogens is 1. The molecule has 0 fully saturated rings. The molecule has 4 rings (SSSR count). The number of aromatic nitrogens is 3. The maximum absolute atomic E-state index is 5.93. The Morgan fingerprint density at radius 2 is 1.80 bits per heavy atom. The lowest BCUT2D eigenvalue weighted by Crippen LogP contribution is -1.88. The van der Waals surface area contributed by atoms with Crippen molar-refractivity contribution in [1.82, 2.24) is 15.0 Å². The highest BCUT2D eigenvalue weighted by Crippen LogP contribution is 2.26. The zero-order valence-electron chi connectivity index (χ0n) is 13.8. The highest BCUT2D eigenvalue weighted by Gasteiger charge is 2.07. The highest BCUT2D eigenvalue weighted by molar-refractivity contribution is 5.80. The van der Waals surface area contributed by atoms with E-state index in [1.807, 2.05) is 60.7 Å². The molecule has 0 saturated heterocycles. The Labute approximate surface area is 145 Å². The van der Waals surface area contributed by atoms with E-state index < -0.39 is 0 Å². The molecule has 0 bridgehead atoms. The first-order chi connectivity index (χ1) is 12.3. The smallest absolute Gasteiger partial charge is 0.157 e. The van der Waals surface area contributed by atoms with Gasteiger partial charge in [0.1, 0.15) is 17.2 Å². The number of nitrogens with one attached hydrogen (secondary N) is 1. The standard InChI is InChI=1S/C20H17N3O2/c1-24-13-14-5-7-15(8-6-14)25-16-9-10-17-19(12-16)23-20(22-17)18-4-2-3-11-21-18/h2-12H,13H2,1H3,(H,22,23). The summed E-state index contributed by atoms with van der Waals surface area (Å²) in [5.74, 6) is 2.28. The summed E-state index contributed by atoms with van der Waals surface area (Å²) in [6.07, 6.45) is 1.75. The number of hydrogen-bond donors (Lipinski definition) is 1. The fraction of sp³-hybridized carbons (Fsp3) is 0.100. The van der Waals surface area contributed by atoms with Crippen LogP contribution in [0.25, 0.3) is 22.6 Å². The minimum Gasteiger partial charge on any atom is -0.457 e. The van der Waals surface area contributed by atoms with E-state index in [4.69, 9.17) is 9.47 Å². The van der Waals surface area contributed by atoms with Crippen LogP contribution in [-0.4, -0.2) is 22.1 Å². The Balaban J connectivity index is 1.58. The van der Waals surface area contributed by atoms with Crippen LogP contribution in [0.3, 0.4) is 0 Å². The van der Waals surface area contributed by atoms with Crippen LogP contribution in [-0.2, 0) is 11.3 Å². The lowest BCUT2D eigenvalue weighted by molar-refractivity contribution is 0.185. The molecule has 2 aromatic carbocycles. The lowest BCUT2D eigenvalue weighted by atomic mass is 10.2. The third-order valence-electron chi connectivity index (χ3n) is 3.83. The number of ether oxygens (including phenoxy) is 2. The molecule has 5 nitrogen and oxygen atoms in total. The summed E-state index contributed by atoms with van der Waals surface area (Å²) in [4.78, 5) is 12.2. The van der Waals surface area contributed by atoms with Crippen LogP contribution in [0.5, 0.6) is 11.5 Å². The van der Waals surface area contributed by atoms with E-state index in [1.54, 1.807) is 13.3 Å². The summed E-state index contributed by atoms with van der Waals surface area (Å²) in [6, 6.07) is 19.4. The van der Waals surface area contributed by atoms with Crippen LogP contribution in [0.15, 0.2) is 66.9 Å².